The van der Waals surface area contributed by atoms with Gasteiger partial charge in [0.2, 0.25) is 0 Å². The number of anilines is 1. The van der Waals surface area contributed by atoms with Crippen LogP contribution in [0.1, 0.15) is 49.4 Å². The Labute approximate surface area is 262 Å². The van der Waals surface area contributed by atoms with Gasteiger partial charge in [0, 0.05) is 12.5 Å². The van der Waals surface area contributed by atoms with E-state index < -0.39 is 42.9 Å². The number of nitro groups is 1. The number of carbonyl (C=O) groups excluding carboxylic acids is 1. The molecule has 1 N–H and O–H groups in total. The standard InChI is InChI=1S/C34H35FN2O7S/c1-22-17-28(38)18-23(2)33(22)26-10-8-9-24(19-26)21-36(45(42,43)31-12-7-6-11-30(31)37(40)41)27-15-13-25(29(35)20-27)14-16-32(39)44-34(3,4)5/h6-13,15,17-20,38H,14,16,21H2,1-5H3. The number of carbonyl (C=O) groups is 1. The molecule has 0 aromatic heterocycles. The summed E-state index contributed by atoms with van der Waals surface area (Å²) < 4.78 is 49.9. The third-order valence-corrected chi connectivity index (χ3v) is 8.85. The first-order valence-corrected chi connectivity index (χ1v) is 15.7. The topological polar surface area (TPSA) is 127 Å². The van der Waals surface area contributed by atoms with E-state index >= 15 is 4.39 Å². The summed E-state index contributed by atoms with van der Waals surface area (Å²) in [4.78, 5) is 22.7. The molecule has 0 unspecified atom stereocenters. The van der Waals surface area contributed by atoms with E-state index in [1.165, 1.54) is 24.3 Å². The third kappa shape index (κ3) is 7.85. The number of hydrogen-bond donors (Lipinski definition) is 1. The summed E-state index contributed by atoms with van der Waals surface area (Å²) in [6, 6.07) is 19.2. The molecule has 4 aromatic carbocycles. The predicted octanol–water partition coefficient (Wildman–Crippen LogP) is 7.39. The minimum absolute atomic E-state index is 0.0330. The molecule has 0 fully saturated rings. The van der Waals surface area contributed by atoms with Gasteiger partial charge >= 0.3 is 5.97 Å². The number of hydrogen-bond acceptors (Lipinski definition) is 7. The number of nitrogens with zero attached hydrogens (tertiary/aromatic N) is 2. The van der Waals surface area contributed by atoms with E-state index in [4.69, 9.17) is 4.74 Å². The van der Waals surface area contributed by atoms with E-state index in [2.05, 4.69) is 0 Å². The first-order chi connectivity index (χ1) is 21.1. The number of aryl methyl sites for hydroxylation is 3. The van der Waals surface area contributed by atoms with Crippen molar-refractivity contribution in [2.24, 2.45) is 0 Å². The number of rotatable bonds is 10. The van der Waals surface area contributed by atoms with Crippen LogP contribution in [0.25, 0.3) is 11.1 Å². The number of nitro benzene ring substituents is 1. The van der Waals surface area contributed by atoms with Gasteiger partial charge in [-0.15, -0.1) is 0 Å². The Kier molecular flexibility index (Phi) is 9.62. The lowest BCUT2D eigenvalue weighted by atomic mass is 9.94. The minimum atomic E-state index is -4.59. The number of benzene rings is 4. The molecule has 0 aliphatic rings. The zero-order valence-electron chi connectivity index (χ0n) is 25.7. The van der Waals surface area contributed by atoms with Gasteiger partial charge in [-0.25, -0.2) is 12.8 Å². The smallest absolute Gasteiger partial charge is 0.306 e. The van der Waals surface area contributed by atoms with Crippen LogP contribution in [0.15, 0.2) is 83.8 Å². The largest absolute Gasteiger partial charge is 0.508 e. The van der Waals surface area contributed by atoms with Crippen molar-refractivity contribution in [3.63, 3.8) is 0 Å². The second-order valence-electron chi connectivity index (χ2n) is 11.8. The highest BCUT2D eigenvalue weighted by molar-refractivity contribution is 7.93. The van der Waals surface area contributed by atoms with E-state index in [1.54, 1.807) is 51.1 Å². The van der Waals surface area contributed by atoms with E-state index in [1.807, 2.05) is 19.9 Å². The van der Waals surface area contributed by atoms with Crippen LogP contribution in [0.3, 0.4) is 0 Å². The molecule has 236 valence electrons. The highest BCUT2D eigenvalue weighted by Gasteiger charge is 2.32. The molecular formula is C34H35FN2O7S. The first-order valence-electron chi connectivity index (χ1n) is 14.2. The lowest BCUT2D eigenvalue weighted by Gasteiger charge is -2.25. The second kappa shape index (κ2) is 13.1. The van der Waals surface area contributed by atoms with Crippen LogP contribution >= 0.6 is 0 Å². The average Bonchev–Trinajstić information content (AvgIpc) is 2.94. The number of ether oxygens (including phenoxy) is 1. The number of phenolic OH excluding ortho intramolecular Hbond substituents is 1. The van der Waals surface area contributed by atoms with Gasteiger partial charge in [0.05, 0.1) is 17.2 Å². The zero-order valence-corrected chi connectivity index (χ0v) is 26.5. The lowest BCUT2D eigenvalue weighted by molar-refractivity contribution is -0.387. The van der Waals surface area contributed by atoms with Crippen molar-refractivity contribution in [3.8, 4) is 16.9 Å². The monoisotopic (exact) mass is 634 g/mol. The van der Waals surface area contributed by atoms with Crippen LogP contribution in [0, 0.1) is 29.8 Å². The first kappa shape index (κ1) is 33.1. The molecule has 0 bridgehead atoms. The molecule has 4 aromatic rings. The van der Waals surface area contributed by atoms with Crippen molar-refractivity contribution in [2.45, 2.75) is 64.5 Å². The Morgan fingerprint density at radius 1 is 0.978 bits per heavy atom. The van der Waals surface area contributed by atoms with Crippen molar-refractivity contribution >= 4 is 27.4 Å². The summed E-state index contributed by atoms with van der Waals surface area (Å²) in [6.07, 6.45) is -0.0417. The number of para-hydroxylation sites is 1. The third-order valence-electron chi connectivity index (χ3n) is 7.03. The van der Waals surface area contributed by atoms with E-state index in [0.717, 1.165) is 44.8 Å². The van der Waals surface area contributed by atoms with E-state index in [9.17, 15) is 28.4 Å². The fraction of sp³-hybridized carbons (Fsp3) is 0.265. The fourth-order valence-corrected chi connectivity index (χ4v) is 6.78. The van der Waals surface area contributed by atoms with Crippen LogP contribution in [0.5, 0.6) is 5.75 Å². The maximum atomic E-state index is 15.4. The summed E-state index contributed by atoms with van der Waals surface area (Å²) in [5.41, 5.74) is 2.65. The Morgan fingerprint density at radius 3 is 2.27 bits per heavy atom. The fourth-order valence-electron chi connectivity index (χ4n) is 5.17. The summed E-state index contributed by atoms with van der Waals surface area (Å²) in [6.45, 7) is 8.63. The summed E-state index contributed by atoms with van der Waals surface area (Å²) in [7, 11) is -4.59. The van der Waals surface area contributed by atoms with Crippen LogP contribution < -0.4 is 4.31 Å². The Hall–Kier alpha value is -4.77. The average molecular weight is 635 g/mol. The lowest BCUT2D eigenvalue weighted by Crippen LogP contribution is -2.31. The normalized spacial score (nSPS) is 11.7. The molecule has 0 heterocycles. The maximum Gasteiger partial charge on any atom is 0.306 e. The van der Waals surface area contributed by atoms with Crippen LogP contribution in [0.4, 0.5) is 15.8 Å². The van der Waals surface area contributed by atoms with E-state index in [-0.39, 0.29) is 36.4 Å². The zero-order chi connectivity index (χ0) is 33.1. The molecule has 9 nitrogen and oxygen atoms in total. The van der Waals surface area contributed by atoms with Crippen molar-refractivity contribution in [3.05, 3.63) is 117 Å². The summed E-state index contributed by atoms with van der Waals surface area (Å²) in [5, 5.41) is 21.8. The number of esters is 1. The van der Waals surface area contributed by atoms with Crippen molar-refractivity contribution in [1.82, 2.24) is 0 Å². The number of phenols is 1. The summed E-state index contributed by atoms with van der Waals surface area (Å²) in [5.74, 6) is -1.10. The van der Waals surface area contributed by atoms with Gasteiger partial charge in [-0.3, -0.25) is 19.2 Å². The van der Waals surface area contributed by atoms with Gasteiger partial charge in [-0.1, -0.05) is 36.4 Å². The van der Waals surface area contributed by atoms with Gasteiger partial charge in [-0.05, 0) is 111 Å². The van der Waals surface area contributed by atoms with Crippen LogP contribution in [0.2, 0.25) is 0 Å². The molecule has 4 rings (SSSR count). The molecular weight excluding hydrogens is 599 g/mol. The molecule has 0 saturated carbocycles. The molecule has 0 radical (unpaired) electrons. The number of aromatic hydroxyl groups is 1. The molecule has 0 aliphatic carbocycles. The molecule has 0 saturated heterocycles. The minimum Gasteiger partial charge on any atom is -0.508 e. The number of halogens is 1. The molecule has 45 heavy (non-hydrogen) atoms. The SMILES string of the molecule is Cc1cc(O)cc(C)c1-c1cccc(CN(c2ccc(CCC(=O)OC(C)(C)C)c(F)c2)S(=O)(=O)c2ccccc2[N+](=O)[O-])c1. The van der Waals surface area contributed by atoms with Crippen molar-refractivity contribution < 1.29 is 32.4 Å². The molecule has 0 aliphatic heterocycles. The summed E-state index contributed by atoms with van der Waals surface area (Å²) >= 11 is 0. The number of sulfonamides is 1. The Balaban J connectivity index is 1.77. The quantitative estimate of drug-likeness (QED) is 0.109. The molecule has 11 heteroatoms. The van der Waals surface area contributed by atoms with Crippen LogP contribution in [-0.2, 0) is 32.5 Å². The van der Waals surface area contributed by atoms with E-state index in [0.29, 0.717) is 5.56 Å². The molecule has 0 spiro atoms. The van der Waals surface area contributed by atoms with Crippen molar-refractivity contribution in [2.75, 3.05) is 4.31 Å². The predicted molar refractivity (Wildman–Crippen MR) is 170 cm³/mol. The Bertz CT molecular complexity index is 1840. The molecule has 0 amide bonds. The maximum absolute atomic E-state index is 15.4. The van der Waals surface area contributed by atoms with Gasteiger partial charge in [0.25, 0.3) is 15.7 Å². The van der Waals surface area contributed by atoms with Gasteiger partial charge in [-0.2, -0.15) is 0 Å². The second-order valence-corrected chi connectivity index (χ2v) is 13.6. The van der Waals surface area contributed by atoms with Crippen LogP contribution in [-0.4, -0.2) is 30.0 Å². The molecule has 0 atom stereocenters. The van der Waals surface area contributed by atoms with Gasteiger partial charge < -0.3 is 9.84 Å². The van der Waals surface area contributed by atoms with Gasteiger partial charge in [0.15, 0.2) is 4.90 Å². The van der Waals surface area contributed by atoms with Gasteiger partial charge in [0.1, 0.15) is 17.2 Å². The highest BCUT2D eigenvalue weighted by atomic mass is 32.2. The highest BCUT2D eigenvalue weighted by Crippen LogP contribution is 2.34. The Morgan fingerprint density at radius 2 is 1.64 bits per heavy atom. The van der Waals surface area contributed by atoms with Crippen molar-refractivity contribution in [1.29, 1.82) is 0 Å².